The van der Waals surface area contributed by atoms with Crippen LogP contribution in [0.5, 0.6) is 0 Å². The van der Waals surface area contributed by atoms with Crippen LogP contribution in [0, 0.1) is 11.8 Å². The Bertz CT molecular complexity index is 560. The minimum Gasteiger partial charge on any atom is -0.444 e. The Labute approximate surface area is 127 Å². The number of hydrogen-bond donors (Lipinski definition) is 1. The standard InChI is InChI=1S/C16H18F3NO2/c1-15(2,3)22-14(21)20-11-5-4-6-12-7-9-13(10-8-12)16(17,18)19/h7-10H,5,11H2,1-3H3,(H,20,21). The normalized spacial score (nSPS) is 11.4. The Morgan fingerprint density at radius 2 is 1.77 bits per heavy atom. The molecule has 1 amide bonds. The molecule has 1 rings (SSSR count). The fraction of sp³-hybridized carbons (Fsp3) is 0.438. The molecule has 1 aromatic carbocycles. The van der Waals surface area contributed by atoms with E-state index in [2.05, 4.69) is 17.2 Å². The van der Waals surface area contributed by atoms with Crippen LogP contribution in [0.2, 0.25) is 0 Å². The first-order chi connectivity index (χ1) is 10.1. The summed E-state index contributed by atoms with van der Waals surface area (Å²) in [7, 11) is 0. The summed E-state index contributed by atoms with van der Waals surface area (Å²) in [6.45, 7) is 5.59. The fourth-order valence-electron chi connectivity index (χ4n) is 1.45. The van der Waals surface area contributed by atoms with Crippen molar-refractivity contribution in [2.45, 2.75) is 39.0 Å². The van der Waals surface area contributed by atoms with Crippen molar-refractivity contribution in [3.05, 3.63) is 35.4 Å². The van der Waals surface area contributed by atoms with Crippen LogP contribution in [-0.2, 0) is 10.9 Å². The summed E-state index contributed by atoms with van der Waals surface area (Å²) >= 11 is 0. The number of ether oxygens (including phenoxy) is 1. The lowest BCUT2D eigenvalue weighted by Crippen LogP contribution is -2.32. The first kappa shape index (κ1) is 17.9. The van der Waals surface area contributed by atoms with E-state index in [1.54, 1.807) is 20.8 Å². The Morgan fingerprint density at radius 3 is 2.27 bits per heavy atom. The molecule has 0 aliphatic rings. The van der Waals surface area contributed by atoms with Crippen LogP contribution in [0.25, 0.3) is 0 Å². The van der Waals surface area contributed by atoms with Crippen molar-refractivity contribution in [3.8, 4) is 11.8 Å². The second-order valence-corrected chi connectivity index (χ2v) is 5.56. The second-order valence-electron chi connectivity index (χ2n) is 5.56. The molecule has 0 aromatic heterocycles. The maximum Gasteiger partial charge on any atom is 0.416 e. The van der Waals surface area contributed by atoms with Gasteiger partial charge in [-0.15, -0.1) is 0 Å². The highest BCUT2D eigenvalue weighted by molar-refractivity contribution is 5.67. The Morgan fingerprint density at radius 1 is 1.18 bits per heavy atom. The SMILES string of the molecule is CC(C)(C)OC(=O)NCCC#Cc1ccc(C(F)(F)F)cc1. The van der Waals surface area contributed by atoms with Crippen molar-refractivity contribution < 1.29 is 22.7 Å². The zero-order chi connectivity index (χ0) is 16.8. The van der Waals surface area contributed by atoms with Gasteiger partial charge in [0.2, 0.25) is 0 Å². The highest BCUT2D eigenvalue weighted by Gasteiger charge is 2.29. The van der Waals surface area contributed by atoms with Gasteiger partial charge in [0.15, 0.2) is 0 Å². The Hall–Kier alpha value is -2.16. The molecular formula is C16H18F3NO2. The minimum absolute atomic E-state index is 0.308. The molecule has 3 nitrogen and oxygen atoms in total. The third-order valence-corrected chi connectivity index (χ3v) is 2.36. The van der Waals surface area contributed by atoms with Crippen LogP contribution in [-0.4, -0.2) is 18.2 Å². The Balaban J connectivity index is 2.41. The van der Waals surface area contributed by atoms with Gasteiger partial charge in [-0.25, -0.2) is 4.79 Å². The molecule has 0 fully saturated rings. The summed E-state index contributed by atoms with van der Waals surface area (Å²) in [5.74, 6) is 5.51. The average Bonchev–Trinajstić information content (AvgIpc) is 2.35. The molecule has 120 valence electrons. The van der Waals surface area contributed by atoms with Gasteiger partial charge in [0.1, 0.15) is 5.60 Å². The van der Waals surface area contributed by atoms with E-state index in [1.165, 1.54) is 12.1 Å². The predicted molar refractivity (Wildman–Crippen MR) is 77.2 cm³/mol. The molecule has 0 saturated carbocycles. The zero-order valence-corrected chi connectivity index (χ0v) is 12.7. The van der Waals surface area contributed by atoms with E-state index in [0.29, 0.717) is 18.5 Å². The number of rotatable bonds is 2. The van der Waals surface area contributed by atoms with Gasteiger partial charge in [-0.2, -0.15) is 13.2 Å². The highest BCUT2D eigenvalue weighted by atomic mass is 19.4. The molecule has 0 atom stereocenters. The second kappa shape index (κ2) is 7.21. The molecule has 0 unspecified atom stereocenters. The number of carbonyl (C=O) groups excluding carboxylic acids is 1. The van der Waals surface area contributed by atoms with Crippen LogP contribution in [0.4, 0.5) is 18.0 Å². The summed E-state index contributed by atoms with van der Waals surface area (Å²) in [5.41, 5.74) is -0.773. The Kier molecular flexibility index (Phi) is 5.86. The van der Waals surface area contributed by atoms with Crippen LogP contribution < -0.4 is 5.32 Å². The third kappa shape index (κ3) is 7.02. The number of halogens is 3. The lowest BCUT2D eigenvalue weighted by molar-refractivity contribution is -0.137. The molecule has 6 heteroatoms. The van der Waals surface area contributed by atoms with E-state index >= 15 is 0 Å². The summed E-state index contributed by atoms with van der Waals surface area (Å²) in [6, 6.07) is 4.61. The van der Waals surface area contributed by atoms with Crippen molar-refractivity contribution in [3.63, 3.8) is 0 Å². The lowest BCUT2D eigenvalue weighted by atomic mass is 10.1. The lowest BCUT2D eigenvalue weighted by Gasteiger charge is -2.19. The molecule has 0 saturated heterocycles. The average molecular weight is 313 g/mol. The monoisotopic (exact) mass is 313 g/mol. The highest BCUT2D eigenvalue weighted by Crippen LogP contribution is 2.28. The topological polar surface area (TPSA) is 38.3 Å². The largest absolute Gasteiger partial charge is 0.444 e. The van der Waals surface area contributed by atoms with Crippen molar-refractivity contribution in [2.75, 3.05) is 6.54 Å². The van der Waals surface area contributed by atoms with Gasteiger partial charge in [-0.1, -0.05) is 11.8 Å². The molecule has 0 aliphatic carbocycles. The summed E-state index contributed by atoms with van der Waals surface area (Å²) in [5, 5.41) is 2.54. The number of benzene rings is 1. The third-order valence-electron chi connectivity index (χ3n) is 2.36. The van der Waals surface area contributed by atoms with Crippen LogP contribution in [0.1, 0.15) is 38.3 Å². The molecule has 22 heavy (non-hydrogen) atoms. The van der Waals surface area contributed by atoms with Gasteiger partial charge in [-0.05, 0) is 45.0 Å². The number of amides is 1. The van der Waals surface area contributed by atoms with Crippen LogP contribution in [0.15, 0.2) is 24.3 Å². The van der Waals surface area contributed by atoms with Gasteiger partial charge in [0.05, 0.1) is 5.56 Å². The number of hydrogen-bond acceptors (Lipinski definition) is 2. The molecule has 0 radical (unpaired) electrons. The van der Waals surface area contributed by atoms with Gasteiger partial charge in [-0.3, -0.25) is 0 Å². The summed E-state index contributed by atoms with van der Waals surface area (Å²) in [6.07, 6.45) is -4.49. The predicted octanol–water partition coefficient (Wildman–Crippen LogP) is 3.97. The molecule has 1 N–H and O–H groups in total. The van der Waals surface area contributed by atoms with E-state index in [1.807, 2.05) is 0 Å². The summed E-state index contributed by atoms with van der Waals surface area (Å²) < 4.78 is 42.2. The maximum atomic E-state index is 12.4. The summed E-state index contributed by atoms with van der Waals surface area (Å²) in [4.78, 5) is 11.3. The molecular weight excluding hydrogens is 295 g/mol. The van der Waals surface area contributed by atoms with Crippen LogP contribution in [0.3, 0.4) is 0 Å². The number of nitrogens with one attached hydrogen (secondary N) is 1. The van der Waals surface area contributed by atoms with Crippen LogP contribution >= 0.6 is 0 Å². The van der Waals surface area contributed by atoms with E-state index in [0.717, 1.165) is 12.1 Å². The van der Waals surface area contributed by atoms with E-state index < -0.39 is 23.4 Å². The van der Waals surface area contributed by atoms with Crippen molar-refractivity contribution in [1.29, 1.82) is 0 Å². The van der Waals surface area contributed by atoms with E-state index in [9.17, 15) is 18.0 Å². The van der Waals surface area contributed by atoms with Gasteiger partial charge >= 0.3 is 12.3 Å². The fourth-order valence-corrected chi connectivity index (χ4v) is 1.45. The number of alkyl halides is 3. The molecule has 0 aliphatic heterocycles. The smallest absolute Gasteiger partial charge is 0.416 e. The van der Waals surface area contributed by atoms with E-state index in [4.69, 9.17) is 4.74 Å². The van der Waals surface area contributed by atoms with Crippen molar-refractivity contribution in [2.24, 2.45) is 0 Å². The van der Waals surface area contributed by atoms with Crippen molar-refractivity contribution in [1.82, 2.24) is 5.32 Å². The number of alkyl carbamates (subject to hydrolysis) is 1. The number of carbonyl (C=O) groups is 1. The van der Waals surface area contributed by atoms with Gasteiger partial charge < -0.3 is 10.1 Å². The van der Waals surface area contributed by atoms with Gasteiger partial charge in [0, 0.05) is 18.5 Å². The van der Waals surface area contributed by atoms with Gasteiger partial charge in [0.25, 0.3) is 0 Å². The maximum absolute atomic E-state index is 12.4. The first-order valence-electron chi connectivity index (χ1n) is 6.71. The van der Waals surface area contributed by atoms with Crippen molar-refractivity contribution >= 4 is 6.09 Å². The quantitative estimate of drug-likeness (QED) is 0.663. The first-order valence-corrected chi connectivity index (χ1v) is 6.71. The molecule has 0 bridgehead atoms. The molecule has 1 aromatic rings. The zero-order valence-electron chi connectivity index (χ0n) is 12.7. The molecule has 0 spiro atoms. The molecule has 0 heterocycles. The van der Waals surface area contributed by atoms with E-state index in [-0.39, 0.29) is 0 Å². The minimum atomic E-state index is -4.34.